The molecule has 0 atom stereocenters. The highest BCUT2D eigenvalue weighted by Gasteiger charge is 2.12. The van der Waals surface area contributed by atoms with Gasteiger partial charge >= 0.3 is 0 Å². The third-order valence-electron chi connectivity index (χ3n) is 5.48. The predicted molar refractivity (Wildman–Crippen MR) is 133 cm³/mol. The molecule has 0 saturated heterocycles. The second-order valence-electron chi connectivity index (χ2n) is 8.01. The van der Waals surface area contributed by atoms with Gasteiger partial charge in [0.05, 0.1) is 5.75 Å². The third-order valence-corrected chi connectivity index (χ3v) is 6.40. The van der Waals surface area contributed by atoms with E-state index in [2.05, 4.69) is 25.9 Å². The molecule has 174 valence electrons. The molecule has 0 unspecified atom stereocenters. The lowest BCUT2D eigenvalue weighted by Crippen LogP contribution is -2.26. The molecule has 0 spiro atoms. The SMILES string of the molecule is Cc1ccc(C(=O)NCCc2nnc3ccc(SCC(=O)Nc4cccc(C)c4C)nn23)cc1. The standard InChI is InChI=1S/C25H26N6O2S/c1-16-7-9-19(10-8-16)25(33)26-14-13-22-29-28-21-11-12-24(30-31(21)22)34-15-23(32)27-20-6-4-5-17(2)18(20)3/h4-12H,13-15H2,1-3H3,(H,26,33)(H,27,32). The van der Waals surface area contributed by atoms with Crippen molar-refractivity contribution in [2.24, 2.45) is 0 Å². The second-order valence-corrected chi connectivity index (χ2v) is 9.01. The minimum absolute atomic E-state index is 0.0941. The molecule has 0 radical (unpaired) electrons. The van der Waals surface area contributed by atoms with Crippen molar-refractivity contribution >= 4 is 34.9 Å². The number of amides is 2. The largest absolute Gasteiger partial charge is 0.352 e. The molecule has 0 saturated carbocycles. The van der Waals surface area contributed by atoms with Gasteiger partial charge in [-0.15, -0.1) is 10.2 Å². The van der Waals surface area contributed by atoms with Gasteiger partial charge in [-0.3, -0.25) is 9.59 Å². The smallest absolute Gasteiger partial charge is 0.251 e. The third kappa shape index (κ3) is 5.60. The van der Waals surface area contributed by atoms with Gasteiger partial charge in [-0.2, -0.15) is 9.61 Å². The summed E-state index contributed by atoms with van der Waals surface area (Å²) in [7, 11) is 0. The van der Waals surface area contributed by atoms with E-state index in [-0.39, 0.29) is 17.6 Å². The van der Waals surface area contributed by atoms with Crippen LogP contribution in [0.1, 0.15) is 32.9 Å². The van der Waals surface area contributed by atoms with Crippen LogP contribution in [0.4, 0.5) is 5.69 Å². The van der Waals surface area contributed by atoms with E-state index in [1.54, 1.807) is 16.6 Å². The van der Waals surface area contributed by atoms with E-state index in [9.17, 15) is 9.59 Å². The molecule has 0 aliphatic carbocycles. The Morgan fingerprint density at radius 3 is 2.56 bits per heavy atom. The molecule has 4 aromatic rings. The highest BCUT2D eigenvalue weighted by molar-refractivity contribution is 7.99. The quantitative estimate of drug-likeness (QED) is 0.377. The fourth-order valence-corrected chi connectivity index (χ4v) is 4.01. The van der Waals surface area contributed by atoms with E-state index in [4.69, 9.17) is 0 Å². The molecular weight excluding hydrogens is 448 g/mol. The number of benzene rings is 2. The summed E-state index contributed by atoms with van der Waals surface area (Å²) in [6, 6.07) is 16.9. The van der Waals surface area contributed by atoms with Gasteiger partial charge in [0.2, 0.25) is 5.91 Å². The number of carbonyl (C=O) groups excluding carboxylic acids is 2. The topological polar surface area (TPSA) is 101 Å². The molecule has 2 aromatic carbocycles. The maximum absolute atomic E-state index is 12.4. The molecule has 0 aliphatic heterocycles. The molecule has 2 N–H and O–H groups in total. The van der Waals surface area contributed by atoms with Crippen LogP contribution in [0.5, 0.6) is 0 Å². The van der Waals surface area contributed by atoms with E-state index >= 15 is 0 Å². The lowest BCUT2D eigenvalue weighted by atomic mass is 10.1. The van der Waals surface area contributed by atoms with Crippen molar-refractivity contribution in [2.45, 2.75) is 32.2 Å². The number of nitrogens with one attached hydrogen (secondary N) is 2. The molecule has 4 rings (SSSR count). The molecule has 2 heterocycles. The Labute approximate surface area is 202 Å². The van der Waals surface area contributed by atoms with Gasteiger partial charge in [-0.25, -0.2) is 0 Å². The number of aromatic nitrogens is 4. The molecule has 9 heteroatoms. The lowest BCUT2D eigenvalue weighted by molar-refractivity contribution is -0.113. The monoisotopic (exact) mass is 474 g/mol. The normalized spacial score (nSPS) is 10.9. The van der Waals surface area contributed by atoms with Gasteiger partial charge in [0, 0.05) is 24.2 Å². The summed E-state index contributed by atoms with van der Waals surface area (Å²) >= 11 is 1.34. The van der Waals surface area contributed by atoms with Crippen LogP contribution < -0.4 is 10.6 Å². The zero-order valence-electron chi connectivity index (χ0n) is 19.3. The van der Waals surface area contributed by atoms with Crippen molar-refractivity contribution in [3.05, 3.63) is 82.7 Å². The number of hydrogen-bond donors (Lipinski definition) is 2. The maximum Gasteiger partial charge on any atom is 0.251 e. The van der Waals surface area contributed by atoms with Crippen molar-refractivity contribution < 1.29 is 9.59 Å². The Morgan fingerprint density at radius 1 is 0.971 bits per heavy atom. The van der Waals surface area contributed by atoms with Gasteiger partial charge in [0.1, 0.15) is 5.03 Å². The van der Waals surface area contributed by atoms with Crippen LogP contribution in [0.15, 0.2) is 59.6 Å². The number of nitrogens with zero attached hydrogens (tertiary/aromatic N) is 4. The Balaban J connectivity index is 1.34. The van der Waals surface area contributed by atoms with Crippen molar-refractivity contribution in [1.29, 1.82) is 0 Å². The highest BCUT2D eigenvalue weighted by Crippen LogP contribution is 2.20. The Kier molecular flexibility index (Phi) is 7.22. The van der Waals surface area contributed by atoms with E-state index in [1.807, 2.05) is 63.2 Å². The zero-order chi connectivity index (χ0) is 24.1. The molecule has 8 nitrogen and oxygen atoms in total. The summed E-state index contributed by atoms with van der Waals surface area (Å²) in [6.45, 7) is 6.40. The van der Waals surface area contributed by atoms with Gasteiger partial charge in [0.25, 0.3) is 5.91 Å². The van der Waals surface area contributed by atoms with Gasteiger partial charge in [0.15, 0.2) is 11.5 Å². The van der Waals surface area contributed by atoms with Gasteiger partial charge in [-0.1, -0.05) is 41.6 Å². The first-order valence-electron chi connectivity index (χ1n) is 11.0. The highest BCUT2D eigenvalue weighted by atomic mass is 32.2. The fraction of sp³-hybridized carbons (Fsp3) is 0.240. The van der Waals surface area contributed by atoms with Crippen LogP contribution in [0.3, 0.4) is 0 Å². The molecule has 0 aliphatic rings. The molecule has 0 fully saturated rings. The average Bonchev–Trinajstić information content (AvgIpc) is 3.23. The summed E-state index contributed by atoms with van der Waals surface area (Å²) in [6.07, 6.45) is 0.479. The molecule has 2 aromatic heterocycles. The Bertz CT molecular complexity index is 1330. The first-order chi connectivity index (χ1) is 16.4. The number of anilines is 1. The Morgan fingerprint density at radius 2 is 1.76 bits per heavy atom. The number of hydrogen-bond acceptors (Lipinski definition) is 6. The first-order valence-corrected chi connectivity index (χ1v) is 11.9. The van der Waals surface area contributed by atoms with Crippen molar-refractivity contribution in [3.63, 3.8) is 0 Å². The van der Waals surface area contributed by atoms with Crippen LogP contribution in [0, 0.1) is 20.8 Å². The van der Waals surface area contributed by atoms with Crippen molar-refractivity contribution in [3.8, 4) is 0 Å². The van der Waals surface area contributed by atoms with Crippen LogP contribution in [0.2, 0.25) is 0 Å². The van der Waals surface area contributed by atoms with E-state index in [0.717, 1.165) is 22.4 Å². The van der Waals surface area contributed by atoms with Crippen LogP contribution in [0.25, 0.3) is 5.65 Å². The minimum atomic E-state index is -0.132. The number of aryl methyl sites for hydroxylation is 2. The number of carbonyl (C=O) groups is 2. The maximum atomic E-state index is 12.4. The number of fused-ring (bicyclic) bond motifs is 1. The van der Waals surface area contributed by atoms with E-state index < -0.39 is 0 Å². The summed E-state index contributed by atoms with van der Waals surface area (Å²) in [5.41, 5.74) is 5.35. The van der Waals surface area contributed by atoms with Crippen molar-refractivity contribution in [2.75, 3.05) is 17.6 Å². The second kappa shape index (κ2) is 10.5. The summed E-state index contributed by atoms with van der Waals surface area (Å²) in [4.78, 5) is 24.8. The van der Waals surface area contributed by atoms with Crippen LogP contribution in [-0.4, -0.2) is 43.9 Å². The minimum Gasteiger partial charge on any atom is -0.352 e. The summed E-state index contributed by atoms with van der Waals surface area (Å²) in [5, 5.41) is 19.5. The van der Waals surface area contributed by atoms with Gasteiger partial charge < -0.3 is 10.6 Å². The average molecular weight is 475 g/mol. The van der Waals surface area contributed by atoms with Crippen LogP contribution in [-0.2, 0) is 11.2 Å². The number of thioether (sulfide) groups is 1. The van der Waals surface area contributed by atoms with E-state index in [1.165, 1.54) is 11.8 Å². The Hall–Kier alpha value is -3.72. The lowest BCUT2D eigenvalue weighted by Gasteiger charge is -2.10. The predicted octanol–water partition coefficient (Wildman–Crippen LogP) is 3.75. The summed E-state index contributed by atoms with van der Waals surface area (Å²) < 4.78 is 1.66. The molecule has 2 amide bonds. The number of rotatable bonds is 8. The fourth-order valence-electron chi connectivity index (χ4n) is 3.36. The van der Waals surface area contributed by atoms with Gasteiger partial charge in [-0.05, 0) is 62.2 Å². The molecule has 0 bridgehead atoms. The van der Waals surface area contributed by atoms with Crippen LogP contribution >= 0.6 is 11.8 Å². The zero-order valence-corrected chi connectivity index (χ0v) is 20.1. The van der Waals surface area contributed by atoms with E-state index in [0.29, 0.717) is 35.0 Å². The first kappa shape index (κ1) is 23.4. The van der Waals surface area contributed by atoms with Crippen molar-refractivity contribution in [1.82, 2.24) is 25.1 Å². The molecule has 34 heavy (non-hydrogen) atoms. The summed E-state index contributed by atoms with van der Waals surface area (Å²) in [5.74, 6) is 0.647. The molecular formula is C25H26N6O2S.